The number of piperazine rings is 1. The van der Waals surface area contributed by atoms with Crippen molar-refractivity contribution in [3.8, 4) is 0 Å². The van der Waals surface area contributed by atoms with Crippen LogP contribution < -0.4 is 5.32 Å². The first-order valence-electron chi connectivity index (χ1n) is 8.15. The average Bonchev–Trinajstić information content (AvgIpc) is 2.53. The van der Waals surface area contributed by atoms with Crippen molar-refractivity contribution in [3.63, 3.8) is 0 Å². The van der Waals surface area contributed by atoms with Gasteiger partial charge in [0.2, 0.25) is 0 Å². The van der Waals surface area contributed by atoms with Crippen LogP contribution in [0.5, 0.6) is 0 Å². The Kier molecular flexibility index (Phi) is 9.58. The Bertz CT molecular complexity index is 454. The average molecular weight is 400 g/mol. The summed E-state index contributed by atoms with van der Waals surface area (Å²) in [6.45, 7) is 4.34. The molecule has 0 aromatic heterocycles. The summed E-state index contributed by atoms with van der Waals surface area (Å²) in [7, 11) is 0. The predicted molar refractivity (Wildman–Crippen MR) is 105 cm³/mol. The van der Waals surface area contributed by atoms with Gasteiger partial charge in [-0.05, 0) is 42.5 Å². The number of rotatable bonds is 3. The second-order valence-electron chi connectivity index (χ2n) is 6.29. The maximum absolute atomic E-state index is 6.53. The molecule has 1 aromatic carbocycles. The fraction of sp³-hybridized carbons (Fsp3) is 0.647. The number of benzene rings is 1. The van der Waals surface area contributed by atoms with Crippen molar-refractivity contribution in [1.82, 2.24) is 10.2 Å². The van der Waals surface area contributed by atoms with Gasteiger partial charge in [-0.1, -0.05) is 42.5 Å². The Morgan fingerprint density at radius 2 is 1.65 bits per heavy atom. The molecule has 1 saturated carbocycles. The van der Waals surface area contributed by atoms with E-state index >= 15 is 0 Å². The summed E-state index contributed by atoms with van der Waals surface area (Å²) in [5, 5.41) is 5.11. The quantitative estimate of drug-likeness (QED) is 0.735. The molecule has 0 bridgehead atoms. The molecule has 0 amide bonds. The summed E-state index contributed by atoms with van der Waals surface area (Å²) < 4.78 is 0. The van der Waals surface area contributed by atoms with E-state index in [4.69, 9.17) is 23.2 Å². The molecule has 132 valence electrons. The van der Waals surface area contributed by atoms with Crippen LogP contribution in [0.15, 0.2) is 18.2 Å². The molecule has 1 heterocycles. The normalized spacial score (nSPS) is 21.1. The number of halogens is 4. The van der Waals surface area contributed by atoms with Crippen LogP contribution in [0.25, 0.3) is 0 Å². The highest BCUT2D eigenvalue weighted by Crippen LogP contribution is 2.41. The molecule has 0 unspecified atom stereocenters. The number of nitrogens with one attached hydrogen (secondary N) is 1. The van der Waals surface area contributed by atoms with Gasteiger partial charge in [0.05, 0.1) is 0 Å². The lowest BCUT2D eigenvalue weighted by molar-refractivity contribution is 0.103. The molecule has 0 radical (unpaired) electrons. The van der Waals surface area contributed by atoms with Crippen LogP contribution in [0.3, 0.4) is 0 Å². The van der Waals surface area contributed by atoms with Crippen LogP contribution in [0.4, 0.5) is 0 Å². The van der Waals surface area contributed by atoms with Gasteiger partial charge in [-0.25, -0.2) is 0 Å². The molecule has 23 heavy (non-hydrogen) atoms. The van der Waals surface area contributed by atoms with E-state index in [9.17, 15) is 0 Å². The third-order valence-corrected chi connectivity index (χ3v) is 5.50. The molecule has 1 aliphatic heterocycles. The zero-order chi connectivity index (χ0) is 14.7. The summed E-state index contributed by atoms with van der Waals surface area (Å²) in [5.41, 5.74) is 1.23. The van der Waals surface area contributed by atoms with Gasteiger partial charge in [0.15, 0.2) is 0 Å². The molecule has 1 atom stereocenters. The molecular formula is C17H26Cl4N2. The monoisotopic (exact) mass is 398 g/mol. The molecular weight excluding hydrogens is 374 g/mol. The third kappa shape index (κ3) is 5.39. The van der Waals surface area contributed by atoms with Crippen molar-refractivity contribution < 1.29 is 0 Å². The van der Waals surface area contributed by atoms with Crippen LogP contribution in [0, 0.1) is 5.92 Å². The van der Waals surface area contributed by atoms with E-state index in [2.05, 4.69) is 16.3 Å². The SMILES string of the molecule is Cl.Cl.Clc1ccc(Cl)c([C@@H](C2CCCCC2)N2CCNCC2)c1. The van der Waals surface area contributed by atoms with Gasteiger partial charge in [-0.2, -0.15) is 0 Å². The topological polar surface area (TPSA) is 15.3 Å². The fourth-order valence-corrected chi connectivity index (χ4v) is 4.31. The Balaban J connectivity index is 0.00000132. The molecule has 3 rings (SSSR count). The van der Waals surface area contributed by atoms with Gasteiger partial charge in [-0.3, -0.25) is 4.90 Å². The summed E-state index contributed by atoms with van der Waals surface area (Å²) in [6.07, 6.45) is 6.72. The van der Waals surface area contributed by atoms with Gasteiger partial charge in [-0.15, -0.1) is 24.8 Å². The molecule has 1 N–H and O–H groups in total. The van der Waals surface area contributed by atoms with Crippen molar-refractivity contribution in [2.24, 2.45) is 5.92 Å². The van der Waals surface area contributed by atoms with Gasteiger partial charge in [0, 0.05) is 42.3 Å². The fourth-order valence-electron chi connectivity index (χ4n) is 3.90. The molecule has 1 saturated heterocycles. The zero-order valence-corrected chi connectivity index (χ0v) is 16.4. The minimum absolute atomic E-state index is 0. The van der Waals surface area contributed by atoms with Crippen molar-refractivity contribution in [2.45, 2.75) is 38.1 Å². The highest BCUT2D eigenvalue weighted by atomic mass is 35.5. The smallest absolute Gasteiger partial charge is 0.0455 e. The standard InChI is InChI=1S/C17H24Cl2N2.2ClH/c18-14-6-7-16(19)15(12-14)17(13-4-2-1-3-5-13)21-10-8-20-9-11-21;;/h6-7,12-13,17,20H,1-5,8-11H2;2*1H/t17-;;/m1../s1. The highest BCUT2D eigenvalue weighted by molar-refractivity contribution is 6.33. The van der Waals surface area contributed by atoms with Gasteiger partial charge in [0.25, 0.3) is 0 Å². The van der Waals surface area contributed by atoms with Crippen molar-refractivity contribution in [2.75, 3.05) is 26.2 Å². The number of hydrogen-bond donors (Lipinski definition) is 1. The molecule has 2 fully saturated rings. The second kappa shape index (κ2) is 10.3. The second-order valence-corrected chi connectivity index (χ2v) is 7.14. The summed E-state index contributed by atoms with van der Waals surface area (Å²) in [5.74, 6) is 0.716. The third-order valence-electron chi connectivity index (χ3n) is 4.92. The molecule has 2 aliphatic rings. The Morgan fingerprint density at radius 1 is 1.00 bits per heavy atom. The van der Waals surface area contributed by atoms with Gasteiger partial charge in [0.1, 0.15) is 0 Å². The Labute approximate surface area is 162 Å². The van der Waals surface area contributed by atoms with E-state index in [1.807, 2.05) is 12.1 Å². The van der Waals surface area contributed by atoms with Gasteiger partial charge < -0.3 is 5.32 Å². The molecule has 0 spiro atoms. The highest BCUT2D eigenvalue weighted by Gasteiger charge is 2.32. The molecule has 2 nitrogen and oxygen atoms in total. The van der Waals surface area contributed by atoms with E-state index in [1.54, 1.807) is 0 Å². The lowest BCUT2D eigenvalue weighted by atomic mass is 9.80. The van der Waals surface area contributed by atoms with E-state index in [1.165, 1.54) is 37.7 Å². The Morgan fingerprint density at radius 3 is 2.30 bits per heavy atom. The van der Waals surface area contributed by atoms with Crippen LogP contribution >= 0.6 is 48.0 Å². The summed E-state index contributed by atoms with van der Waals surface area (Å²) in [4.78, 5) is 2.62. The van der Waals surface area contributed by atoms with Crippen molar-refractivity contribution >= 4 is 48.0 Å². The minimum Gasteiger partial charge on any atom is -0.314 e. The van der Waals surface area contributed by atoms with Gasteiger partial charge >= 0.3 is 0 Å². The van der Waals surface area contributed by atoms with Crippen molar-refractivity contribution in [1.29, 1.82) is 0 Å². The van der Waals surface area contributed by atoms with Crippen molar-refractivity contribution in [3.05, 3.63) is 33.8 Å². The first-order chi connectivity index (χ1) is 10.3. The maximum atomic E-state index is 6.53. The Hall–Kier alpha value is 0.300. The predicted octanol–water partition coefficient (Wildman–Crippen LogP) is 5.36. The lowest BCUT2D eigenvalue weighted by Gasteiger charge is -2.41. The first-order valence-corrected chi connectivity index (χ1v) is 8.91. The largest absolute Gasteiger partial charge is 0.314 e. The lowest BCUT2D eigenvalue weighted by Crippen LogP contribution is -2.47. The van der Waals surface area contributed by atoms with Crippen LogP contribution in [0.1, 0.15) is 43.7 Å². The molecule has 6 heteroatoms. The minimum atomic E-state index is 0. The van der Waals surface area contributed by atoms with Crippen LogP contribution in [0.2, 0.25) is 10.0 Å². The number of hydrogen-bond acceptors (Lipinski definition) is 2. The summed E-state index contributed by atoms with van der Waals surface area (Å²) in [6, 6.07) is 6.37. The molecule has 1 aromatic rings. The maximum Gasteiger partial charge on any atom is 0.0455 e. The van der Waals surface area contributed by atoms with Crippen LogP contribution in [-0.2, 0) is 0 Å². The van der Waals surface area contributed by atoms with E-state index < -0.39 is 0 Å². The van der Waals surface area contributed by atoms with Crippen LogP contribution in [-0.4, -0.2) is 31.1 Å². The number of nitrogens with zero attached hydrogens (tertiary/aromatic N) is 1. The van der Waals surface area contributed by atoms with E-state index in [0.717, 1.165) is 36.2 Å². The first kappa shape index (κ1) is 21.3. The van der Waals surface area contributed by atoms with E-state index in [-0.39, 0.29) is 24.8 Å². The molecule has 1 aliphatic carbocycles. The van der Waals surface area contributed by atoms with E-state index in [0.29, 0.717) is 12.0 Å². The summed E-state index contributed by atoms with van der Waals surface area (Å²) >= 11 is 12.8. The zero-order valence-electron chi connectivity index (χ0n) is 13.3.